The number of carbonyl (C=O) groups excluding carboxylic acids is 2. The Labute approximate surface area is 250 Å². The van der Waals surface area contributed by atoms with Crippen molar-refractivity contribution in [2.75, 3.05) is 24.4 Å². The highest BCUT2D eigenvalue weighted by Gasteiger charge is 2.34. The second-order valence-corrected chi connectivity index (χ2v) is 11.0. The fraction of sp³-hybridized carbons (Fsp3) is 0.200. The molecule has 0 bridgehead atoms. The molecule has 210 valence electrons. The molecule has 0 unspecified atom stereocenters. The van der Waals surface area contributed by atoms with Crippen molar-refractivity contribution in [2.24, 2.45) is 0 Å². The molecule has 0 saturated carbocycles. The van der Waals surface area contributed by atoms with Crippen molar-refractivity contribution in [3.63, 3.8) is 0 Å². The molecule has 0 radical (unpaired) electrons. The molecule has 3 aromatic carbocycles. The average Bonchev–Trinajstić information content (AvgIpc) is 3.38. The average molecular weight is 635 g/mol. The normalized spacial score (nSPS) is 14.2. The fourth-order valence-corrected chi connectivity index (χ4v) is 5.49. The summed E-state index contributed by atoms with van der Waals surface area (Å²) in [7, 11) is 1.65. The maximum Gasteiger partial charge on any atom is 0.338 e. The number of anilines is 2. The Morgan fingerprint density at radius 2 is 1.85 bits per heavy atom. The summed E-state index contributed by atoms with van der Waals surface area (Å²) >= 11 is 5.00. The first-order chi connectivity index (χ1) is 19.9. The van der Waals surface area contributed by atoms with Gasteiger partial charge in [0.15, 0.2) is 0 Å². The molecule has 0 aliphatic carbocycles. The predicted octanol–water partition coefficient (Wildman–Crippen LogP) is 6.45. The van der Waals surface area contributed by atoms with Crippen LogP contribution >= 0.6 is 27.7 Å². The van der Waals surface area contributed by atoms with Crippen molar-refractivity contribution in [3.8, 4) is 5.75 Å². The molecule has 2 N–H and O–H groups in total. The van der Waals surface area contributed by atoms with Crippen LogP contribution in [0.15, 0.2) is 93.7 Å². The van der Waals surface area contributed by atoms with Gasteiger partial charge in [0.25, 0.3) is 5.91 Å². The smallest absolute Gasteiger partial charge is 0.338 e. The van der Waals surface area contributed by atoms with Crippen molar-refractivity contribution in [1.82, 2.24) is 14.8 Å². The van der Waals surface area contributed by atoms with E-state index in [0.717, 1.165) is 21.3 Å². The SMILES string of the molecule is CCOC(=O)c1ccc(NC(=O)C2=C(C)Nc3nc(SCc4cccc(OC)c4)nn3[C@H]2c2ccc(Br)cc2)cc1. The van der Waals surface area contributed by atoms with Crippen LogP contribution in [0.25, 0.3) is 0 Å². The van der Waals surface area contributed by atoms with Gasteiger partial charge >= 0.3 is 5.97 Å². The number of esters is 1. The predicted molar refractivity (Wildman–Crippen MR) is 162 cm³/mol. The summed E-state index contributed by atoms with van der Waals surface area (Å²) in [5.41, 5.74) is 4.11. The van der Waals surface area contributed by atoms with Crippen LogP contribution in [0.1, 0.15) is 41.4 Å². The highest BCUT2D eigenvalue weighted by molar-refractivity contribution is 9.10. The van der Waals surface area contributed by atoms with Gasteiger partial charge in [-0.15, -0.1) is 5.10 Å². The molecule has 11 heteroatoms. The van der Waals surface area contributed by atoms with Gasteiger partial charge in [-0.2, -0.15) is 4.98 Å². The molecule has 4 aromatic rings. The summed E-state index contributed by atoms with van der Waals surface area (Å²) in [4.78, 5) is 30.5. The van der Waals surface area contributed by atoms with Gasteiger partial charge in [0.1, 0.15) is 11.8 Å². The van der Waals surface area contributed by atoms with Crippen LogP contribution in [0.5, 0.6) is 5.75 Å². The van der Waals surface area contributed by atoms with E-state index in [-0.39, 0.29) is 5.91 Å². The quantitative estimate of drug-likeness (QED) is 0.160. The summed E-state index contributed by atoms with van der Waals surface area (Å²) in [5.74, 6) is 1.31. The van der Waals surface area contributed by atoms with Gasteiger partial charge in [0.2, 0.25) is 11.1 Å². The minimum Gasteiger partial charge on any atom is -0.497 e. The van der Waals surface area contributed by atoms with Crippen LogP contribution in [-0.2, 0) is 15.3 Å². The van der Waals surface area contributed by atoms with Crippen LogP contribution in [0.2, 0.25) is 0 Å². The Morgan fingerprint density at radius 1 is 1.10 bits per heavy atom. The zero-order valence-electron chi connectivity index (χ0n) is 22.7. The number of aromatic nitrogens is 3. The summed E-state index contributed by atoms with van der Waals surface area (Å²) in [5, 5.41) is 11.6. The second-order valence-electron chi connectivity index (χ2n) is 9.17. The number of rotatable bonds is 9. The third-order valence-corrected chi connectivity index (χ3v) is 7.86. The number of hydrogen-bond acceptors (Lipinski definition) is 8. The van der Waals surface area contributed by atoms with E-state index in [4.69, 9.17) is 19.6 Å². The second kappa shape index (κ2) is 12.6. The van der Waals surface area contributed by atoms with Gasteiger partial charge < -0.3 is 20.1 Å². The summed E-state index contributed by atoms with van der Waals surface area (Å²) in [6.07, 6.45) is 0. The Balaban J connectivity index is 1.42. The molecule has 1 aromatic heterocycles. The number of methoxy groups -OCH3 is 1. The molecule has 0 saturated heterocycles. The molecule has 9 nitrogen and oxygen atoms in total. The van der Waals surface area contributed by atoms with Crippen molar-refractivity contribution < 1.29 is 19.1 Å². The van der Waals surface area contributed by atoms with Crippen molar-refractivity contribution in [3.05, 3.63) is 105 Å². The number of hydrogen-bond donors (Lipinski definition) is 2. The largest absolute Gasteiger partial charge is 0.497 e. The lowest BCUT2D eigenvalue weighted by molar-refractivity contribution is -0.113. The summed E-state index contributed by atoms with van der Waals surface area (Å²) in [6.45, 7) is 3.90. The van der Waals surface area contributed by atoms with Gasteiger partial charge in [-0.1, -0.05) is 52.0 Å². The number of ether oxygens (including phenoxy) is 2. The lowest BCUT2D eigenvalue weighted by Crippen LogP contribution is -2.31. The van der Waals surface area contributed by atoms with E-state index in [0.29, 0.717) is 46.0 Å². The molecule has 2 heterocycles. The van der Waals surface area contributed by atoms with Crippen LogP contribution in [0.3, 0.4) is 0 Å². The Kier molecular flexibility index (Phi) is 8.75. The first-order valence-electron chi connectivity index (χ1n) is 12.9. The van der Waals surface area contributed by atoms with E-state index >= 15 is 0 Å². The third-order valence-electron chi connectivity index (χ3n) is 6.42. The first kappa shape index (κ1) is 28.4. The fourth-order valence-electron chi connectivity index (χ4n) is 4.45. The number of nitrogens with zero attached hydrogens (tertiary/aromatic N) is 3. The number of halogens is 1. The van der Waals surface area contributed by atoms with Crippen molar-refractivity contribution in [1.29, 1.82) is 0 Å². The highest BCUT2D eigenvalue weighted by Crippen LogP contribution is 2.37. The molecule has 0 fully saturated rings. The van der Waals surface area contributed by atoms with Crippen LogP contribution < -0.4 is 15.4 Å². The maximum atomic E-state index is 13.7. The van der Waals surface area contributed by atoms with E-state index in [2.05, 4.69) is 26.6 Å². The van der Waals surface area contributed by atoms with E-state index in [9.17, 15) is 9.59 Å². The molecule has 1 amide bonds. The van der Waals surface area contributed by atoms with Crippen molar-refractivity contribution >= 4 is 51.2 Å². The zero-order valence-corrected chi connectivity index (χ0v) is 25.1. The lowest BCUT2D eigenvalue weighted by Gasteiger charge is -2.28. The van der Waals surface area contributed by atoms with E-state index in [1.807, 2.05) is 55.5 Å². The maximum absolute atomic E-state index is 13.7. The minimum atomic E-state index is -0.517. The Bertz CT molecular complexity index is 1600. The van der Waals surface area contributed by atoms with E-state index < -0.39 is 12.0 Å². The van der Waals surface area contributed by atoms with Gasteiger partial charge in [0.05, 0.1) is 24.9 Å². The van der Waals surface area contributed by atoms with Crippen LogP contribution in [0.4, 0.5) is 11.6 Å². The first-order valence-corrected chi connectivity index (χ1v) is 14.7. The number of allylic oxidation sites excluding steroid dienone is 1. The molecular formula is C30H28BrN5O4S. The molecule has 1 atom stereocenters. The minimum absolute atomic E-state index is 0.292. The molecular weight excluding hydrogens is 606 g/mol. The number of amides is 1. The van der Waals surface area contributed by atoms with Crippen LogP contribution in [0, 0.1) is 0 Å². The lowest BCUT2D eigenvalue weighted by atomic mass is 9.95. The number of benzene rings is 3. The molecule has 0 spiro atoms. The van der Waals surface area contributed by atoms with Gasteiger partial charge in [-0.25, -0.2) is 9.48 Å². The van der Waals surface area contributed by atoms with Gasteiger partial charge in [-0.05, 0) is 73.5 Å². The molecule has 1 aliphatic rings. The topological polar surface area (TPSA) is 107 Å². The number of fused-ring (bicyclic) bond motifs is 1. The Morgan fingerprint density at radius 3 is 2.56 bits per heavy atom. The third kappa shape index (κ3) is 6.47. The summed E-state index contributed by atoms with van der Waals surface area (Å²) in [6, 6.07) is 21.8. The zero-order chi connectivity index (χ0) is 28.9. The van der Waals surface area contributed by atoms with E-state index in [1.54, 1.807) is 43.0 Å². The molecule has 41 heavy (non-hydrogen) atoms. The molecule has 1 aliphatic heterocycles. The number of carbonyl (C=O) groups is 2. The standard InChI is InChI=1S/C30H28BrN5O4S/c1-4-40-28(38)21-10-14-23(15-11-21)33-27(37)25-18(2)32-29-34-30(41-17-19-6-5-7-24(16-19)39-3)35-36(29)26(25)20-8-12-22(31)13-9-20/h5-16,26H,4,17H2,1-3H3,(H,33,37)(H,32,34,35)/t26-/m0/s1. The monoisotopic (exact) mass is 633 g/mol. The van der Waals surface area contributed by atoms with E-state index in [1.165, 1.54) is 11.8 Å². The van der Waals surface area contributed by atoms with Crippen LogP contribution in [-0.4, -0.2) is 40.4 Å². The highest BCUT2D eigenvalue weighted by atomic mass is 79.9. The Hall–Kier alpha value is -4.09. The number of thioether (sulfide) groups is 1. The van der Waals surface area contributed by atoms with Crippen molar-refractivity contribution in [2.45, 2.75) is 30.8 Å². The van der Waals surface area contributed by atoms with Gasteiger partial charge in [-0.3, -0.25) is 4.79 Å². The van der Waals surface area contributed by atoms with Gasteiger partial charge in [0, 0.05) is 21.6 Å². The number of nitrogens with one attached hydrogen (secondary N) is 2. The summed E-state index contributed by atoms with van der Waals surface area (Å²) < 4.78 is 13.1. The molecule has 5 rings (SSSR count).